The molecule has 2 saturated carbocycles. The summed E-state index contributed by atoms with van der Waals surface area (Å²) in [6.45, 7) is 4.09. The third-order valence-electron chi connectivity index (χ3n) is 9.21. The number of anilines is 1. The van der Waals surface area contributed by atoms with Gasteiger partial charge in [0.15, 0.2) is 5.69 Å². The number of benzene rings is 2. The average Bonchev–Trinajstić information content (AvgIpc) is 3.85. The molecule has 0 bridgehead atoms. The molecule has 39 heavy (non-hydrogen) atoms. The van der Waals surface area contributed by atoms with E-state index in [1.54, 1.807) is 11.8 Å². The standard InChI is InChI=1S/C31H35N5O3/c1-39-24-12-10-23(11-13-24)36-28-26(27(33-36)29(32)37)31(14-15-31)19-35(30(28)38)22-8-6-21(7-9-22)25(20-4-5-20)18-34-16-2-3-17-34/h6-13,20,25H,2-5,14-19H2,1H3,(H2,32,37). The number of likely N-dealkylation sites (tertiary alicyclic amines) is 1. The molecule has 1 atom stereocenters. The zero-order chi connectivity index (χ0) is 26.7. The van der Waals surface area contributed by atoms with E-state index in [0.29, 0.717) is 35.2 Å². The molecule has 2 aliphatic carbocycles. The molecule has 1 aromatic heterocycles. The van der Waals surface area contributed by atoms with Crippen LogP contribution in [0.5, 0.6) is 5.75 Å². The van der Waals surface area contributed by atoms with Crippen molar-refractivity contribution in [1.29, 1.82) is 0 Å². The molecule has 3 heterocycles. The summed E-state index contributed by atoms with van der Waals surface area (Å²) >= 11 is 0. The van der Waals surface area contributed by atoms with Gasteiger partial charge in [-0.1, -0.05) is 12.1 Å². The summed E-state index contributed by atoms with van der Waals surface area (Å²) in [5.41, 5.74) is 9.80. The van der Waals surface area contributed by atoms with Crippen LogP contribution in [-0.2, 0) is 5.41 Å². The van der Waals surface area contributed by atoms with Crippen LogP contribution in [0.3, 0.4) is 0 Å². The second kappa shape index (κ2) is 9.23. The highest BCUT2D eigenvalue weighted by atomic mass is 16.5. The Kier molecular flexibility index (Phi) is 5.77. The van der Waals surface area contributed by atoms with E-state index in [-0.39, 0.29) is 17.0 Å². The number of carbonyl (C=O) groups excluding carboxylic acids is 2. The maximum atomic E-state index is 14.1. The van der Waals surface area contributed by atoms with Crippen molar-refractivity contribution >= 4 is 17.5 Å². The van der Waals surface area contributed by atoms with Crippen LogP contribution < -0.4 is 15.4 Å². The molecule has 2 aromatic carbocycles. The molecule has 1 spiro atoms. The summed E-state index contributed by atoms with van der Waals surface area (Å²) in [6.07, 6.45) is 7.04. The summed E-state index contributed by atoms with van der Waals surface area (Å²) in [5.74, 6) is 1.29. The van der Waals surface area contributed by atoms with Crippen molar-refractivity contribution in [2.24, 2.45) is 11.7 Å². The summed E-state index contributed by atoms with van der Waals surface area (Å²) in [5, 5.41) is 4.59. The van der Waals surface area contributed by atoms with Gasteiger partial charge >= 0.3 is 0 Å². The van der Waals surface area contributed by atoms with Gasteiger partial charge in [-0.25, -0.2) is 4.68 Å². The third-order valence-corrected chi connectivity index (χ3v) is 9.21. The number of fused-ring (bicyclic) bond motifs is 2. The van der Waals surface area contributed by atoms with Gasteiger partial charge in [-0.2, -0.15) is 5.10 Å². The minimum Gasteiger partial charge on any atom is -0.497 e. The molecule has 3 aromatic rings. The Hall–Kier alpha value is -3.65. The fraction of sp³-hybridized carbons (Fsp3) is 0.452. The van der Waals surface area contributed by atoms with Crippen molar-refractivity contribution in [3.05, 3.63) is 71.0 Å². The van der Waals surface area contributed by atoms with Gasteiger partial charge in [0.25, 0.3) is 11.8 Å². The average molecular weight is 526 g/mol. The molecule has 1 unspecified atom stereocenters. The predicted molar refractivity (Wildman–Crippen MR) is 149 cm³/mol. The van der Waals surface area contributed by atoms with Crippen molar-refractivity contribution in [3.8, 4) is 11.4 Å². The van der Waals surface area contributed by atoms with E-state index in [1.807, 2.05) is 29.2 Å². The van der Waals surface area contributed by atoms with Gasteiger partial charge in [-0.3, -0.25) is 9.59 Å². The normalized spacial score (nSPS) is 20.7. The first-order valence-electron chi connectivity index (χ1n) is 14.2. The number of methoxy groups -OCH3 is 1. The molecule has 7 rings (SSSR count). The van der Waals surface area contributed by atoms with Gasteiger partial charge in [0.1, 0.15) is 11.4 Å². The highest BCUT2D eigenvalue weighted by Crippen LogP contribution is 2.54. The quantitative estimate of drug-likeness (QED) is 0.474. The second-order valence-corrected chi connectivity index (χ2v) is 11.8. The van der Waals surface area contributed by atoms with Crippen molar-refractivity contribution < 1.29 is 14.3 Å². The smallest absolute Gasteiger partial charge is 0.277 e. The number of hydrogen-bond donors (Lipinski definition) is 1. The van der Waals surface area contributed by atoms with E-state index in [1.165, 1.54) is 44.3 Å². The number of rotatable bonds is 8. The van der Waals surface area contributed by atoms with Crippen LogP contribution in [-0.4, -0.2) is 59.8 Å². The van der Waals surface area contributed by atoms with Crippen LogP contribution in [0.15, 0.2) is 48.5 Å². The summed E-state index contributed by atoms with van der Waals surface area (Å²) in [4.78, 5) is 31.1. The van der Waals surface area contributed by atoms with E-state index in [4.69, 9.17) is 10.5 Å². The zero-order valence-corrected chi connectivity index (χ0v) is 22.4. The van der Waals surface area contributed by atoms with Crippen molar-refractivity contribution in [2.45, 2.75) is 49.9 Å². The molecule has 8 nitrogen and oxygen atoms in total. The van der Waals surface area contributed by atoms with Crippen LogP contribution in [0.25, 0.3) is 5.69 Å². The Morgan fingerprint density at radius 1 is 1.05 bits per heavy atom. The number of nitrogens with two attached hydrogens (primary N) is 1. The molecule has 3 fully saturated rings. The summed E-state index contributed by atoms with van der Waals surface area (Å²) < 4.78 is 6.89. The monoisotopic (exact) mass is 525 g/mol. The highest BCUT2D eigenvalue weighted by molar-refractivity contribution is 6.10. The molecule has 202 valence electrons. The Morgan fingerprint density at radius 2 is 1.72 bits per heavy atom. The second-order valence-electron chi connectivity index (χ2n) is 11.8. The maximum Gasteiger partial charge on any atom is 0.277 e. The van der Waals surface area contributed by atoms with Gasteiger partial charge in [-0.05, 0) is 105 Å². The number of primary amides is 1. The molecule has 2 aliphatic heterocycles. The third kappa shape index (κ3) is 4.22. The largest absolute Gasteiger partial charge is 0.497 e. The molecular formula is C31H35N5O3. The first kappa shape index (κ1) is 24.4. The molecule has 1 saturated heterocycles. The molecule has 2 amide bonds. The number of ether oxygens (including phenoxy) is 1. The molecule has 2 N–H and O–H groups in total. The number of carbonyl (C=O) groups is 2. The number of hydrogen-bond acceptors (Lipinski definition) is 5. The molecule has 0 radical (unpaired) electrons. The summed E-state index contributed by atoms with van der Waals surface area (Å²) in [6, 6.07) is 16.0. The molecular weight excluding hydrogens is 490 g/mol. The van der Waals surface area contributed by atoms with E-state index in [9.17, 15) is 9.59 Å². The van der Waals surface area contributed by atoms with Crippen LogP contribution in [0, 0.1) is 5.92 Å². The highest BCUT2D eigenvalue weighted by Gasteiger charge is 2.56. The van der Waals surface area contributed by atoms with Crippen LogP contribution >= 0.6 is 0 Å². The van der Waals surface area contributed by atoms with E-state index in [2.05, 4.69) is 34.3 Å². The lowest BCUT2D eigenvalue weighted by molar-refractivity contribution is 0.0966. The van der Waals surface area contributed by atoms with Crippen molar-refractivity contribution in [1.82, 2.24) is 14.7 Å². The minimum atomic E-state index is -0.598. The fourth-order valence-electron chi connectivity index (χ4n) is 6.72. The van der Waals surface area contributed by atoms with E-state index in [0.717, 1.165) is 31.0 Å². The van der Waals surface area contributed by atoms with Gasteiger partial charge in [0.05, 0.1) is 12.8 Å². The van der Waals surface area contributed by atoms with E-state index < -0.39 is 5.91 Å². The van der Waals surface area contributed by atoms with Crippen LogP contribution in [0.4, 0.5) is 5.69 Å². The Morgan fingerprint density at radius 3 is 2.31 bits per heavy atom. The van der Waals surface area contributed by atoms with Crippen molar-refractivity contribution in [3.63, 3.8) is 0 Å². The van der Waals surface area contributed by atoms with Gasteiger partial charge in [0, 0.05) is 29.8 Å². The molecule has 8 heteroatoms. The zero-order valence-electron chi connectivity index (χ0n) is 22.4. The lowest BCUT2D eigenvalue weighted by Crippen LogP contribution is -2.44. The lowest BCUT2D eigenvalue weighted by atomic mass is 9.87. The van der Waals surface area contributed by atoms with Crippen LogP contribution in [0.2, 0.25) is 0 Å². The first-order chi connectivity index (χ1) is 19.0. The first-order valence-corrected chi connectivity index (χ1v) is 14.2. The Bertz CT molecular complexity index is 1410. The number of aromatic nitrogens is 2. The molecule has 4 aliphatic rings. The predicted octanol–water partition coefficient (Wildman–Crippen LogP) is 4.26. The fourth-order valence-corrected chi connectivity index (χ4v) is 6.72. The van der Waals surface area contributed by atoms with Crippen molar-refractivity contribution in [2.75, 3.05) is 38.2 Å². The Balaban J connectivity index is 1.24. The number of nitrogens with zero attached hydrogens (tertiary/aromatic N) is 4. The lowest BCUT2D eigenvalue weighted by Gasteiger charge is -2.34. The van der Waals surface area contributed by atoms with Gasteiger partial charge in [0.2, 0.25) is 0 Å². The maximum absolute atomic E-state index is 14.1. The van der Waals surface area contributed by atoms with E-state index >= 15 is 0 Å². The number of amides is 2. The topological polar surface area (TPSA) is 93.7 Å². The van der Waals surface area contributed by atoms with Gasteiger partial charge in [-0.15, -0.1) is 0 Å². The minimum absolute atomic E-state index is 0.151. The Labute approximate surface area is 228 Å². The SMILES string of the molecule is COc1ccc(-n2nc(C(N)=O)c3c2C(=O)N(c2ccc(C(CN4CCCC4)C4CC4)cc2)CC32CC2)cc1. The van der Waals surface area contributed by atoms with Gasteiger partial charge < -0.3 is 20.3 Å². The van der Waals surface area contributed by atoms with Crippen LogP contribution in [0.1, 0.15) is 76.5 Å². The summed E-state index contributed by atoms with van der Waals surface area (Å²) in [7, 11) is 1.61.